The number of nitrogens with one attached hydrogen (secondary N) is 2. The third-order valence-electron chi connectivity index (χ3n) is 5.00. The number of hydrogen-bond acceptors (Lipinski definition) is 5. The first-order valence-electron chi connectivity index (χ1n) is 9.34. The maximum absolute atomic E-state index is 12.6. The van der Waals surface area contributed by atoms with E-state index in [1.165, 1.54) is 0 Å². The second kappa shape index (κ2) is 7.05. The molecular formula is C19H23N5O3S. The number of rotatable bonds is 5. The number of carbonyl (C=O) groups is 1. The lowest BCUT2D eigenvalue weighted by Crippen LogP contribution is -2.24. The van der Waals surface area contributed by atoms with Gasteiger partial charge in [0.25, 0.3) is 5.91 Å². The molecule has 8 nitrogen and oxygen atoms in total. The highest BCUT2D eigenvalue weighted by Gasteiger charge is 2.32. The summed E-state index contributed by atoms with van der Waals surface area (Å²) in [6.45, 7) is 4.27. The zero-order valence-corrected chi connectivity index (χ0v) is 16.7. The fourth-order valence-corrected chi connectivity index (χ4v) is 5.25. The highest BCUT2D eigenvalue weighted by atomic mass is 32.2. The van der Waals surface area contributed by atoms with Crippen LogP contribution >= 0.6 is 0 Å². The van der Waals surface area contributed by atoms with Gasteiger partial charge in [0, 0.05) is 5.69 Å². The molecule has 0 bridgehead atoms. The third kappa shape index (κ3) is 3.66. The Morgan fingerprint density at radius 3 is 2.82 bits per heavy atom. The lowest BCUT2D eigenvalue weighted by Gasteiger charge is -2.15. The molecule has 1 saturated heterocycles. The number of aromatic amines is 1. The zero-order valence-electron chi connectivity index (χ0n) is 15.8. The van der Waals surface area contributed by atoms with E-state index in [4.69, 9.17) is 0 Å². The van der Waals surface area contributed by atoms with E-state index in [0.717, 1.165) is 16.7 Å². The molecule has 0 spiro atoms. The molecule has 0 unspecified atom stereocenters. The van der Waals surface area contributed by atoms with Gasteiger partial charge in [-0.25, -0.2) is 13.4 Å². The van der Waals surface area contributed by atoms with Gasteiger partial charge in [-0.2, -0.15) is 5.10 Å². The monoisotopic (exact) mass is 401 g/mol. The average molecular weight is 401 g/mol. The number of nitrogens with zero attached hydrogens (tertiary/aromatic N) is 3. The van der Waals surface area contributed by atoms with Crippen LogP contribution in [0.3, 0.4) is 0 Å². The molecule has 3 aromatic rings. The minimum absolute atomic E-state index is 0.0778. The molecule has 2 N–H and O–H groups in total. The summed E-state index contributed by atoms with van der Waals surface area (Å²) in [5.74, 6) is 0.742. The number of hydrogen-bond donors (Lipinski definition) is 2. The first-order valence-corrected chi connectivity index (χ1v) is 11.2. The van der Waals surface area contributed by atoms with Gasteiger partial charge >= 0.3 is 0 Å². The minimum Gasteiger partial charge on any atom is -0.343 e. The van der Waals surface area contributed by atoms with E-state index < -0.39 is 9.84 Å². The lowest BCUT2D eigenvalue weighted by molar-refractivity contribution is 0.0944. The number of para-hydroxylation sites is 2. The highest BCUT2D eigenvalue weighted by Crippen LogP contribution is 2.28. The van der Waals surface area contributed by atoms with E-state index in [0.29, 0.717) is 17.9 Å². The number of benzene rings is 1. The molecule has 28 heavy (non-hydrogen) atoms. The maximum Gasteiger partial charge on any atom is 0.272 e. The Morgan fingerprint density at radius 1 is 1.36 bits per heavy atom. The van der Waals surface area contributed by atoms with E-state index in [1.807, 2.05) is 38.1 Å². The van der Waals surface area contributed by atoms with Crippen molar-refractivity contribution in [1.82, 2.24) is 25.1 Å². The van der Waals surface area contributed by atoms with Crippen LogP contribution < -0.4 is 5.32 Å². The molecule has 0 radical (unpaired) electrons. The van der Waals surface area contributed by atoms with Crippen molar-refractivity contribution in [3.05, 3.63) is 47.5 Å². The summed E-state index contributed by atoms with van der Waals surface area (Å²) in [6.07, 6.45) is 0.532. The molecule has 0 saturated carbocycles. The Labute approximate surface area is 163 Å². The zero-order chi connectivity index (χ0) is 19.9. The first kappa shape index (κ1) is 18.7. The predicted octanol–water partition coefficient (Wildman–Crippen LogP) is 2.17. The number of amides is 1. The molecule has 1 aliphatic heterocycles. The van der Waals surface area contributed by atoms with E-state index in [1.54, 1.807) is 10.7 Å². The van der Waals surface area contributed by atoms with Crippen LogP contribution in [0.2, 0.25) is 0 Å². The SMILES string of the molecule is CC(C)c1cc(C(=O)NCc2nc3ccccc3[nH]2)nn1[C@H]1CCS(=O)(=O)C1. The van der Waals surface area contributed by atoms with Gasteiger partial charge in [0.15, 0.2) is 9.84 Å². The van der Waals surface area contributed by atoms with Gasteiger partial charge in [-0.05, 0) is 30.5 Å². The molecular weight excluding hydrogens is 378 g/mol. The van der Waals surface area contributed by atoms with Crippen LogP contribution in [0, 0.1) is 0 Å². The fraction of sp³-hybridized carbons (Fsp3) is 0.421. The average Bonchev–Trinajstić information content (AvgIpc) is 3.34. The molecule has 1 amide bonds. The van der Waals surface area contributed by atoms with E-state index in [-0.39, 0.29) is 35.9 Å². The molecule has 148 valence electrons. The van der Waals surface area contributed by atoms with Crippen LogP contribution in [-0.2, 0) is 16.4 Å². The van der Waals surface area contributed by atoms with Gasteiger partial charge in [0.05, 0.1) is 35.1 Å². The number of H-pyrrole nitrogens is 1. The molecule has 0 aliphatic carbocycles. The summed E-state index contributed by atoms with van der Waals surface area (Å²) in [4.78, 5) is 20.2. The normalized spacial score (nSPS) is 18.8. The largest absolute Gasteiger partial charge is 0.343 e. The van der Waals surface area contributed by atoms with Crippen LogP contribution in [-0.4, -0.2) is 45.6 Å². The van der Waals surface area contributed by atoms with Gasteiger partial charge in [0.2, 0.25) is 0 Å². The van der Waals surface area contributed by atoms with Gasteiger partial charge in [0.1, 0.15) is 11.5 Å². The Bertz CT molecular complexity index is 1100. The highest BCUT2D eigenvalue weighted by molar-refractivity contribution is 7.91. The summed E-state index contributed by atoms with van der Waals surface area (Å²) < 4.78 is 25.4. The van der Waals surface area contributed by atoms with Crippen molar-refractivity contribution in [1.29, 1.82) is 0 Å². The van der Waals surface area contributed by atoms with Crippen LogP contribution in [0.1, 0.15) is 54.2 Å². The van der Waals surface area contributed by atoms with Crippen molar-refractivity contribution in [2.75, 3.05) is 11.5 Å². The maximum atomic E-state index is 12.6. The standard InChI is InChI=1S/C19H23N5O3S/c1-12(2)17-9-16(23-24(17)13-7-8-28(26,27)11-13)19(25)20-10-18-21-14-5-3-4-6-15(14)22-18/h3-6,9,12-13H,7-8,10-11H2,1-2H3,(H,20,25)(H,21,22)/t13-/m0/s1. The number of aromatic nitrogens is 4. The van der Waals surface area contributed by atoms with Crippen molar-refractivity contribution in [2.24, 2.45) is 0 Å². The minimum atomic E-state index is -3.03. The van der Waals surface area contributed by atoms with Crippen LogP contribution in [0.15, 0.2) is 30.3 Å². The Kier molecular flexibility index (Phi) is 4.70. The number of carbonyl (C=O) groups excluding carboxylic acids is 1. The topological polar surface area (TPSA) is 110 Å². The van der Waals surface area contributed by atoms with Crippen molar-refractivity contribution >= 4 is 26.8 Å². The van der Waals surface area contributed by atoms with Crippen LogP contribution in [0.4, 0.5) is 0 Å². The van der Waals surface area contributed by atoms with Crippen LogP contribution in [0.25, 0.3) is 11.0 Å². The van der Waals surface area contributed by atoms with Gasteiger partial charge < -0.3 is 10.3 Å². The number of imidazole rings is 1. The van der Waals surface area contributed by atoms with Crippen molar-refractivity contribution < 1.29 is 13.2 Å². The second-order valence-corrected chi connectivity index (χ2v) is 9.72. The lowest BCUT2D eigenvalue weighted by atomic mass is 10.1. The molecule has 1 atom stereocenters. The molecule has 1 aliphatic rings. The van der Waals surface area contributed by atoms with Gasteiger partial charge in [-0.3, -0.25) is 9.48 Å². The summed E-state index contributed by atoms with van der Waals surface area (Å²) in [6, 6.07) is 9.22. The predicted molar refractivity (Wildman–Crippen MR) is 106 cm³/mol. The molecule has 2 aromatic heterocycles. The molecule has 4 rings (SSSR count). The smallest absolute Gasteiger partial charge is 0.272 e. The van der Waals surface area contributed by atoms with E-state index in [2.05, 4.69) is 20.4 Å². The molecule has 9 heteroatoms. The summed E-state index contributed by atoms with van der Waals surface area (Å²) in [5.41, 5.74) is 2.93. The van der Waals surface area contributed by atoms with Gasteiger partial charge in [-0.1, -0.05) is 26.0 Å². The van der Waals surface area contributed by atoms with E-state index in [9.17, 15) is 13.2 Å². The van der Waals surface area contributed by atoms with Crippen molar-refractivity contribution in [3.8, 4) is 0 Å². The van der Waals surface area contributed by atoms with Crippen molar-refractivity contribution in [3.63, 3.8) is 0 Å². The van der Waals surface area contributed by atoms with Crippen molar-refractivity contribution in [2.45, 2.75) is 38.8 Å². The first-order chi connectivity index (χ1) is 13.3. The second-order valence-electron chi connectivity index (χ2n) is 7.49. The summed E-state index contributed by atoms with van der Waals surface area (Å²) >= 11 is 0. The fourth-order valence-electron chi connectivity index (χ4n) is 3.56. The Balaban J connectivity index is 1.51. The third-order valence-corrected chi connectivity index (χ3v) is 6.75. The van der Waals surface area contributed by atoms with E-state index >= 15 is 0 Å². The molecule has 1 fully saturated rings. The Hall–Kier alpha value is -2.68. The number of fused-ring (bicyclic) bond motifs is 1. The number of sulfone groups is 1. The summed E-state index contributed by atoms with van der Waals surface area (Å²) in [5, 5.41) is 7.28. The quantitative estimate of drug-likeness (QED) is 0.681. The summed E-state index contributed by atoms with van der Waals surface area (Å²) in [7, 11) is -3.03. The Morgan fingerprint density at radius 2 is 2.14 bits per heavy atom. The molecule has 1 aromatic carbocycles. The van der Waals surface area contributed by atoms with Crippen LogP contribution in [0.5, 0.6) is 0 Å². The van der Waals surface area contributed by atoms with Gasteiger partial charge in [-0.15, -0.1) is 0 Å². The molecule has 3 heterocycles.